The van der Waals surface area contributed by atoms with Gasteiger partial charge in [0.2, 0.25) is 5.91 Å². The normalized spacial score (nSPS) is 23.7. The molecule has 1 amide bonds. The van der Waals surface area contributed by atoms with Crippen LogP contribution in [0.3, 0.4) is 0 Å². The summed E-state index contributed by atoms with van der Waals surface area (Å²) in [5, 5.41) is 4.60. The Morgan fingerprint density at radius 2 is 1.67 bits per heavy atom. The number of amides is 1. The number of likely N-dealkylation sites (tertiary alicyclic amines) is 1. The van der Waals surface area contributed by atoms with E-state index in [1.54, 1.807) is 0 Å². The van der Waals surface area contributed by atoms with Crippen LogP contribution in [0.1, 0.15) is 51.0 Å². The molecule has 1 aromatic carbocycles. The third-order valence-electron chi connectivity index (χ3n) is 8.89. The highest BCUT2D eigenvalue weighted by Gasteiger charge is 2.35. The van der Waals surface area contributed by atoms with E-state index in [9.17, 15) is 4.79 Å². The molecule has 1 aliphatic carbocycles. The summed E-state index contributed by atoms with van der Waals surface area (Å²) in [4.78, 5) is 19.8. The van der Waals surface area contributed by atoms with Crippen molar-refractivity contribution in [2.24, 2.45) is 11.8 Å². The van der Waals surface area contributed by atoms with Gasteiger partial charge >= 0.3 is 0 Å². The van der Waals surface area contributed by atoms with E-state index in [0.717, 1.165) is 51.1 Å². The minimum absolute atomic E-state index is 0.267. The first-order valence-corrected chi connectivity index (χ1v) is 13.9. The first-order chi connectivity index (χ1) is 17.6. The van der Waals surface area contributed by atoms with Crippen LogP contribution >= 0.6 is 0 Å². The summed E-state index contributed by atoms with van der Waals surface area (Å²) in [6.07, 6.45) is 8.69. The molecule has 0 unspecified atom stereocenters. The van der Waals surface area contributed by atoms with E-state index in [4.69, 9.17) is 0 Å². The molecule has 190 valence electrons. The van der Waals surface area contributed by atoms with Gasteiger partial charge in [0.25, 0.3) is 0 Å². The molecule has 36 heavy (non-hydrogen) atoms. The molecule has 6 nitrogen and oxygen atoms in total. The summed E-state index contributed by atoms with van der Waals surface area (Å²) in [7, 11) is 0. The molecule has 1 saturated carbocycles. The molecule has 0 bridgehead atoms. The van der Waals surface area contributed by atoms with Crippen LogP contribution in [0.4, 0.5) is 5.69 Å². The van der Waals surface area contributed by atoms with Crippen molar-refractivity contribution in [3.8, 4) is 11.1 Å². The predicted octanol–water partition coefficient (Wildman–Crippen LogP) is 4.90. The molecule has 0 spiro atoms. The number of benzene rings is 1. The monoisotopic (exact) mass is 485 g/mol. The van der Waals surface area contributed by atoms with Crippen LogP contribution in [0.5, 0.6) is 0 Å². The van der Waals surface area contributed by atoms with E-state index in [1.165, 1.54) is 48.3 Å². The standard InChI is InChI=1S/C30H39N5O/c1-3-32-12-9-25(10-13-32)23-4-6-24(7-5-23)27-20-29-28(8-11-31-35(29)21-27)33-14-16-34(17-15-33)30(36)26-18-22(2)19-26/h4-8,11,20-22,25-26H,3,9-10,12-19H2,1-2H3/t22-,26+. The second-order valence-electron chi connectivity index (χ2n) is 11.2. The molecule has 2 aliphatic heterocycles. The highest BCUT2D eigenvalue weighted by molar-refractivity contribution is 5.82. The van der Waals surface area contributed by atoms with Crippen molar-refractivity contribution in [2.75, 3.05) is 50.7 Å². The van der Waals surface area contributed by atoms with Gasteiger partial charge in [-0.15, -0.1) is 0 Å². The van der Waals surface area contributed by atoms with Crippen molar-refractivity contribution in [1.82, 2.24) is 19.4 Å². The van der Waals surface area contributed by atoms with Crippen molar-refractivity contribution < 1.29 is 4.79 Å². The number of fused-ring (bicyclic) bond motifs is 1. The molecule has 0 radical (unpaired) electrons. The van der Waals surface area contributed by atoms with Gasteiger partial charge in [-0.25, -0.2) is 4.52 Å². The van der Waals surface area contributed by atoms with Crippen molar-refractivity contribution in [1.29, 1.82) is 0 Å². The molecule has 0 atom stereocenters. The molecule has 3 aromatic rings. The molecule has 4 heterocycles. The number of piperazine rings is 1. The number of anilines is 1. The number of hydrogen-bond donors (Lipinski definition) is 0. The highest BCUT2D eigenvalue weighted by Crippen LogP contribution is 2.35. The number of nitrogens with zero attached hydrogens (tertiary/aromatic N) is 5. The Morgan fingerprint density at radius 1 is 0.944 bits per heavy atom. The zero-order valence-electron chi connectivity index (χ0n) is 21.8. The number of hydrogen-bond acceptors (Lipinski definition) is 4. The zero-order chi connectivity index (χ0) is 24.6. The summed E-state index contributed by atoms with van der Waals surface area (Å²) in [6, 6.07) is 13.6. The first-order valence-electron chi connectivity index (χ1n) is 13.9. The largest absolute Gasteiger partial charge is 0.366 e. The smallest absolute Gasteiger partial charge is 0.225 e. The highest BCUT2D eigenvalue weighted by atomic mass is 16.2. The Balaban J connectivity index is 1.15. The van der Waals surface area contributed by atoms with Gasteiger partial charge in [-0.05, 0) is 80.4 Å². The van der Waals surface area contributed by atoms with Gasteiger partial charge in [-0.2, -0.15) is 5.10 Å². The lowest BCUT2D eigenvalue weighted by Crippen LogP contribution is -2.52. The first kappa shape index (κ1) is 23.5. The zero-order valence-corrected chi connectivity index (χ0v) is 21.8. The number of rotatable bonds is 5. The van der Waals surface area contributed by atoms with Crippen LogP contribution in [-0.4, -0.2) is 71.1 Å². The number of carbonyl (C=O) groups excluding carboxylic acids is 1. The van der Waals surface area contributed by atoms with E-state index in [0.29, 0.717) is 17.7 Å². The Morgan fingerprint density at radius 3 is 2.33 bits per heavy atom. The summed E-state index contributed by atoms with van der Waals surface area (Å²) in [5.74, 6) is 2.03. The molecule has 0 N–H and O–H groups in total. The quantitative estimate of drug-likeness (QED) is 0.516. The Bertz CT molecular complexity index is 1200. The minimum Gasteiger partial charge on any atom is -0.366 e. The van der Waals surface area contributed by atoms with Crippen molar-refractivity contribution in [2.45, 2.75) is 45.4 Å². The maximum Gasteiger partial charge on any atom is 0.225 e. The number of piperidine rings is 1. The average Bonchev–Trinajstić information content (AvgIpc) is 3.36. The maximum atomic E-state index is 12.8. The second kappa shape index (κ2) is 9.89. The number of carbonyl (C=O) groups is 1. The molecule has 6 rings (SSSR count). The lowest BCUT2D eigenvalue weighted by Gasteiger charge is -2.40. The van der Waals surface area contributed by atoms with E-state index in [-0.39, 0.29) is 5.92 Å². The molecular weight excluding hydrogens is 446 g/mol. The summed E-state index contributed by atoms with van der Waals surface area (Å²) in [6.45, 7) is 11.5. The molecule has 3 fully saturated rings. The van der Waals surface area contributed by atoms with Crippen LogP contribution < -0.4 is 4.90 Å². The Kier molecular flexibility index (Phi) is 6.46. The minimum atomic E-state index is 0.267. The van der Waals surface area contributed by atoms with Crippen LogP contribution in [0, 0.1) is 11.8 Å². The van der Waals surface area contributed by atoms with Gasteiger partial charge in [-0.1, -0.05) is 38.1 Å². The van der Waals surface area contributed by atoms with E-state index < -0.39 is 0 Å². The topological polar surface area (TPSA) is 44.1 Å². The Labute approximate surface area is 214 Å². The van der Waals surface area contributed by atoms with Crippen LogP contribution in [0.15, 0.2) is 48.8 Å². The van der Waals surface area contributed by atoms with Crippen molar-refractivity contribution in [3.05, 3.63) is 54.4 Å². The maximum absolute atomic E-state index is 12.8. The fraction of sp³-hybridized carbons (Fsp3) is 0.533. The van der Waals surface area contributed by atoms with E-state index in [1.807, 2.05) is 10.7 Å². The lowest BCUT2D eigenvalue weighted by atomic mass is 9.75. The average molecular weight is 486 g/mol. The molecule has 2 saturated heterocycles. The second-order valence-corrected chi connectivity index (χ2v) is 11.2. The molecule has 3 aliphatic rings. The van der Waals surface area contributed by atoms with Gasteiger partial charge in [0.1, 0.15) is 0 Å². The van der Waals surface area contributed by atoms with E-state index >= 15 is 0 Å². The van der Waals surface area contributed by atoms with Crippen LogP contribution in [-0.2, 0) is 4.79 Å². The summed E-state index contributed by atoms with van der Waals surface area (Å²) in [5.41, 5.74) is 6.26. The molecule has 2 aromatic heterocycles. The molecular formula is C30H39N5O. The predicted molar refractivity (Wildman–Crippen MR) is 145 cm³/mol. The molecule has 6 heteroatoms. The summed E-state index contributed by atoms with van der Waals surface area (Å²) >= 11 is 0. The van der Waals surface area contributed by atoms with Crippen molar-refractivity contribution >= 4 is 17.1 Å². The van der Waals surface area contributed by atoms with E-state index in [2.05, 4.69) is 76.2 Å². The number of aromatic nitrogens is 2. The van der Waals surface area contributed by atoms with Crippen molar-refractivity contribution in [3.63, 3.8) is 0 Å². The van der Waals surface area contributed by atoms with Gasteiger partial charge < -0.3 is 14.7 Å². The van der Waals surface area contributed by atoms with Crippen LogP contribution in [0.2, 0.25) is 0 Å². The third-order valence-corrected chi connectivity index (χ3v) is 8.89. The van der Waals surface area contributed by atoms with Gasteiger partial charge in [0, 0.05) is 50.1 Å². The van der Waals surface area contributed by atoms with Crippen LogP contribution in [0.25, 0.3) is 16.6 Å². The fourth-order valence-electron chi connectivity index (χ4n) is 6.49. The lowest BCUT2D eigenvalue weighted by molar-refractivity contribution is -0.140. The van der Waals surface area contributed by atoms with Gasteiger partial charge in [-0.3, -0.25) is 4.79 Å². The fourth-order valence-corrected chi connectivity index (χ4v) is 6.49. The Hall–Kier alpha value is -2.86. The SMILES string of the molecule is CCN1CCC(c2ccc(-c3cc4c(N5CCN(C(=O)[C@H]6C[C@@H](C)C6)CC5)ccnn4c3)cc2)CC1. The summed E-state index contributed by atoms with van der Waals surface area (Å²) < 4.78 is 2.01. The van der Waals surface area contributed by atoms with Gasteiger partial charge in [0.15, 0.2) is 0 Å². The third kappa shape index (κ3) is 4.52. The van der Waals surface area contributed by atoms with Gasteiger partial charge in [0.05, 0.1) is 11.2 Å².